The quantitative estimate of drug-likeness (QED) is 0.715. The van der Waals surface area contributed by atoms with Crippen LogP contribution in [0.1, 0.15) is 26.7 Å². The van der Waals surface area contributed by atoms with Gasteiger partial charge in [0.05, 0.1) is 13.0 Å². The Bertz CT molecular complexity index is 191. The van der Waals surface area contributed by atoms with Gasteiger partial charge in [0.25, 0.3) is 0 Å². The van der Waals surface area contributed by atoms with E-state index in [9.17, 15) is 13.2 Å². The van der Waals surface area contributed by atoms with E-state index in [0.717, 1.165) is 0 Å². The van der Waals surface area contributed by atoms with E-state index in [4.69, 9.17) is 9.84 Å². The molecule has 0 spiro atoms. The molecule has 0 aliphatic carbocycles. The van der Waals surface area contributed by atoms with Gasteiger partial charge in [-0.05, 0) is 20.3 Å². The van der Waals surface area contributed by atoms with Gasteiger partial charge in [-0.25, -0.2) is 0 Å². The number of aliphatic hydroxyl groups is 1. The Hall–Kier alpha value is -0.330. The largest absolute Gasteiger partial charge is 0.396 e. The normalized spacial score (nSPS) is 18.2. The van der Waals surface area contributed by atoms with Crippen molar-refractivity contribution in [1.82, 2.24) is 5.32 Å². The zero-order valence-corrected chi connectivity index (χ0v) is 9.90. The smallest absolute Gasteiger partial charge is 0.390 e. The predicted molar refractivity (Wildman–Crippen MR) is 55.3 cm³/mol. The molecule has 0 radical (unpaired) electrons. The predicted octanol–water partition coefficient (Wildman–Crippen LogP) is 1.70. The molecule has 0 aliphatic rings. The number of rotatable bonds is 7. The fourth-order valence-corrected chi connectivity index (χ4v) is 1.74. The lowest BCUT2D eigenvalue weighted by molar-refractivity contribution is -0.140. The summed E-state index contributed by atoms with van der Waals surface area (Å²) in [5.74, 6) is 0. The van der Waals surface area contributed by atoms with Gasteiger partial charge in [0.2, 0.25) is 0 Å². The molecule has 0 fully saturated rings. The lowest BCUT2D eigenvalue weighted by Crippen LogP contribution is -2.51. The van der Waals surface area contributed by atoms with Gasteiger partial charge in [0, 0.05) is 25.3 Å². The topological polar surface area (TPSA) is 41.5 Å². The summed E-state index contributed by atoms with van der Waals surface area (Å²) in [6, 6.07) is -0.702. The molecule has 0 aromatic heterocycles. The Balaban J connectivity index is 4.28. The number of halogens is 3. The first-order valence-corrected chi connectivity index (χ1v) is 5.17. The summed E-state index contributed by atoms with van der Waals surface area (Å²) in [7, 11) is 1.48. The molecular formula is C10H20F3NO2. The monoisotopic (exact) mass is 243 g/mol. The number of ether oxygens (including phenoxy) is 1. The SMILES string of the molecule is COCC(C)(CCO)NC(C)CC(F)(F)F. The third kappa shape index (κ3) is 7.03. The van der Waals surface area contributed by atoms with Gasteiger partial charge in [-0.15, -0.1) is 0 Å². The second-order valence-electron chi connectivity index (χ2n) is 4.33. The Morgan fingerprint density at radius 1 is 1.38 bits per heavy atom. The number of methoxy groups -OCH3 is 1. The Kier molecular flexibility index (Phi) is 6.28. The fourth-order valence-electron chi connectivity index (χ4n) is 1.74. The minimum atomic E-state index is -4.18. The molecular weight excluding hydrogens is 223 g/mol. The Morgan fingerprint density at radius 2 is 1.94 bits per heavy atom. The highest BCUT2D eigenvalue weighted by molar-refractivity contribution is 4.85. The molecule has 0 heterocycles. The van der Waals surface area contributed by atoms with Crippen LogP contribution in [0, 0.1) is 0 Å². The van der Waals surface area contributed by atoms with Crippen LogP contribution in [0.5, 0.6) is 0 Å². The second-order valence-corrected chi connectivity index (χ2v) is 4.33. The van der Waals surface area contributed by atoms with Crippen LogP contribution in [0.25, 0.3) is 0 Å². The minimum Gasteiger partial charge on any atom is -0.396 e. The van der Waals surface area contributed by atoms with Gasteiger partial charge < -0.3 is 15.2 Å². The average Bonchev–Trinajstić information content (AvgIpc) is 1.99. The molecule has 6 heteroatoms. The first-order valence-electron chi connectivity index (χ1n) is 5.17. The lowest BCUT2D eigenvalue weighted by Gasteiger charge is -2.33. The van der Waals surface area contributed by atoms with Crippen LogP contribution in [-0.4, -0.2) is 43.2 Å². The third-order valence-electron chi connectivity index (χ3n) is 2.26. The van der Waals surface area contributed by atoms with E-state index in [0.29, 0.717) is 6.42 Å². The summed E-state index contributed by atoms with van der Waals surface area (Å²) in [4.78, 5) is 0. The van der Waals surface area contributed by atoms with Crippen molar-refractivity contribution in [2.24, 2.45) is 0 Å². The minimum absolute atomic E-state index is 0.0917. The molecule has 0 aliphatic heterocycles. The highest BCUT2D eigenvalue weighted by Gasteiger charge is 2.33. The Labute approximate surface area is 94.0 Å². The van der Waals surface area contributed by atoms with Gasteiger partial charge in [-0.1, -0.05) is 0 Å². The van der Waals surface area contributed by atoms with E-state index in [1.807, 2.05) is 0 Å². The number of hydrogen-bond acceptors (Lipinski definition) is 3. The van der Waals surface area contributed by atoms with Gasteiger partial charge in [-0.2, -0.15) is 13.2 Å². The van der Waals surface area contributed by atoms with Crippen LogP contribution < -0.4 is 5.32 Å². The van der Waals surface area contributed by atoms with Crippen molar-refractivity contribution in [3.63, 3.8) is 0 Å². The molecule has 0 aromatic carbocycles. The van der Waals surface area contributed by atoms with Crippen LogP contribution in [0.15, 0.2) is 0 Å². The zero-order valence-electron chi connectivity index (χ0n) is 9.90. The zero-order chi connectivity index (χ0) is 12.8. The van der Waals surface area contributed by atoms with E-state index >= 15 is 0 Å². The molecule has 0 amide bonds. The van der Waals surface area contributed by atoms with Crippen molar-refractivity contribution in [2.45, 2.75) is 44.4 Å². The van der Waals surface area contributed by atoms with E-state index in [1.54, 1.807) is 6.92 Å². The van der Waals surface area contributed by atoms with Gasteiger partial charge in [-0.3, -0.25) is 0 Å². The van der Waals surface area contributed by atoms with E-state index in [2.05, 4.69) is 5.32 Å². The molecule has 16 heavy (non-hydrogen) atoms. The van der Waals surface area contributed by atoms with Crippen LogP contribution in [0.4, 0.5) is 13.2 Å². The summed E-state index contributed by atoms with van der Waals surface area (Å²) in [6.45, 7) is 3.37. The van der Waals surface area contributed by atoms with Crippen molar-refractivity contribution in [1.29, 1.82) is 0 Å². The molecule has 3 nitrogen and oxygen atoms in total. The highest BCUT2D eigenvalue weighted by atomic mass is 19.4. The van der Waals surface area contributed by atoms with Crippen molar-refractivity contribution in [2.75, 3.05) is 20.3 Å². The maximum Gasteiger partial charge on any atom is 0.390 e. The molecule has 98 valence electrons. The molecule has 0 saturated carbocycles. The van der Waals surface area contributed by atoms with E-state index < -0.39 is 24.2 Å². The lowest BCUT2D eigenvalue weighted by atomic mass is 9.97. The number of nitrogens with one attached hydrogen (secondary N) is 1. The molecule has 2 atom stereocenters. The van der Waals surface area contributed by atoms with E-state index in [-0.39, 0.29) is 13.2 Å². The maximum atomic E-state index is 12.1. The van der Waals surface area contributed by atoms with Crippen molar-refractivity contribution in [3.05, 3.63) is 0 Å². The summed E-state index contributed by atoms with van der Waals surface area (Å²) in [5.41, 5.74) is -0.631. The van der Waals surface area contributed by atoms with Crippen LogP contribution in [0.3, 0.4) is 0 Å². The molecule has 0 rings (SSSR count). The fraction of sp³-hybridized carbons (Fsp3) is 1.00. The highest BCUT2D eigenvalue weighted by Crippen LogP contribution is 2.23. The van der Waals surface area contributed by atoms with Crippen molar-refractivity contribution >= 4 is 0 Å². The standard InChI is InChI=1S/C10H20F3NO2/c1-8(6-10(11,12)13)14-9(2,4-5-15)7-16-3/h8,14-15H,4-7H2,1-3H3. The number of hydrogen-bond donors (Lipinski definition) is 2. The van der Waals surface area contributed by atoms with Crippen molar-refractivity contribution in [3.8, 4) is 0 Å². The first kappa shape index (κ1) is 15.7. The Morgan fingerprint density at radius 3 is 2.31 bits per heavy atom. The van der Waals surface area contributed by atoms with Gasteiger partial charge >= 0.3 is 6.18 Å². The van der Waals surface area contributed by atoms with Crippen LogP contribution in [-0.2, 0) is 4.74 Å². The molecule has 0 bridgehead atoms. The third-order valence-corrected chi connectivity index (χ3v) is 2.26. The van der Waals surface area contributed by atoms with Gasteiger partial charge in [0.15, 0.2) is 0 Å². The van der Waals surface area contributed by atoms with Gasteiger partial charge in [0.1, 0.15) is 0 Å². The molecule has 0 saturated heterocycles. The summed E-state index contributed by atoms with van der Waals surface area (Å²) in [5, 5.41) is 11.7. The van der Waals surface area contributed by atoms with Crippen molar-refractivity contribution < 1.29 is 23.0 Å². The summed E-state index contributed by atoms with van der Waals surface area (Å²) < 4.78 is 41.3. The number of alkyl halides is 3. The molecule has 0 aromatic rings. The summed E-state index contributed by atoms with van der Waals surface area (Å²) >= 11 is 0. The number of aliphatic hydroxyl groups excluding tert-OH is 1. The molecule has 2 unspecified atom stereocenters. The van der Waals surface area contributed by atoms with E-state index in [1.165, 1.54) is 14.0 Å². The van der Waals surface area contributed by atoms with Crippen LogP contribution >= 0.6 is 0 Å². The second kappa shape index (κ2) is 6.42. The van der Waals surface area contributed by atoms with Crippen LogP contribution in [0.2, 0.25) is 0 Å². The summed E-state index contributed by atoms with van der Waals surface area (Å²) in [6.07, 6.45) is -4.72. The average molecular weight is 243 g/mol. The molecule has 2 N–H and O–H groups in total. The first-order chi connectivity index (χ1) is 7.22. The maximum absolute atomic E-state index is 12.1.